The van der Waals surface area contributed by atoms with Gasteiger partial charge in [0.2, 0.25) is 0 Å². The zero-order chi connectivity index (χ0) is 75.1. The van der Waals surface area contributed by atoms with E-state index in [-0.39, 0.29) is 25.7 Å². The second-order valence-electron chi connectivity index (χ2n) is 31.3. The lowest BCUT2D eigenvalue weighted by atomic mass is 10.0. The second-order valence-corrected chi connectivity index (χ2v) is 34.2. The van der Waals surface area contributed by atoms with E-state index >= 15 is 0 Å². The standard InChI is InChI=1S/C83H162O17P2/c1-8-9-10-11-12-13-14-15-27-33-38-43-52-59-66-83(88)100-79(71-94-81(86)65-58-51-46-45-49-56-63-76(6)7)73-98-102(91,92)96-69-77(84)68-95-101(89,90)97-72-78(70-93-80(85)64-57-50-42-37-32-28-24-20-22-26-31-36-41-48-55-62-75(4)5)99-82(87)67-60-53-44-39-34-29-23-19-17-16-18-21-25-30-35-40-47-54-61-74(2)3/h74-79,84H,8-73H2,1-7H3,(H,89,90)(H,91,92)/t77-,78-,79-/m1/s1. The summed E-state index contributed by atoms with van der Waals surface area (Å²) < 4.78 is 68.7. The van der Waals surface area contributed by atoms with E-state index < -0.39 is 97.5 Å². The minimum absolute atomic E-state index is 0.107. The van der Waals surface area contributed by atoms with Crippen molar-refractivity contribution in [2.24, 2.45) is 17.8 Å². The molecule has 0 spiro atoms. The SMILES string of the molecule is CCCCCCCCCCCCCCCCC(=O)O[C@H](COC(=O)CCCCCCCCC(C)C)COP(=O)(O)OC[C@H](O)COP(=O)(O)OC[C@@H](COC(=O)CCCCCCCCCCCCCCCCCC(C)C)OC(=O)CCCCCCCCCCCCCCCCCCCCC(C)C. The maximum atomic E-state index is 13.1. The maximum absolute atomic E-state index is 13.1. The number of aliphatic hydroxyl groups excluding tert-OH is 1. The van der Waals surface area contributed by atoms with E-state index in [4.69, 9.17) is 37.0 Å². The van der Waals surface area contributed by atoms with Gasteiger partial charge in [-0.05, 0) is 43.4 Å². The largest absolute Gasteiger partial charge is 0.472 e. The Balaban J connectivity index is 5.21. The van der Waals surface area contributed by atoms with Crippen molar-refractivity contribution in [3.8, 4) is 0 Å². The monoisotopic (exact) mass is 1490 g/mol. The van der Waals surface area contributed by atoms with Crippen molar-refractivity contribution in [2.75, 3.05) is 39.6 Å². The van der Waals surface area contributed by atoms with E-state index in [1.54, 1.807) is 0 Å². The molecule has 0 aromatic carbocycles. The summed E-state index contributed by atoms with van der Waals surface area (Å²) in [4.78, 5) is 73.0. The van der Waals surface area contributed by atoms with Gasteiger partial charge in [-0.3, -0.25) is 37.3 Å². The molecule has 0 rings (SSSR count). The summed E-state index contributed by atoms with van der Waals surface area (Å²) in [5.41, 5.74) is 0. The van der Waals surface area contributed by atoms with Crippen LogP contribution < -0.4 is 0 Å². The van der Waals surface area contributed by atoms with Crippen molar-refractivity contribution in [1.29, 1.82) is 0 Å². The van der Waals surface area contributed by atoms with Crippen LogP contribution in [0.25, 0.3) is 0 Å². The van der Waals surface area contributed by atoms with E-state index in [0.717, 1.165) is 108 Å². The third-order valence-electron chi connectivity index (χ3n) is 19.4. The van der Waals surface area contributed by atoms with Crippen molar-refractivity contribution < 1.29 is 80.2 Å². The molecule has 19 heteroatoms. The molecule has 0 aliphatic heterocycles. The van der Waals surface area contributed by atoms with Crippen LogP contribution >= 0.6 is 15.6 Å². The van der Waals surface area contributed by atoms with Crippen LogP contribution in [0, 0.1) is 17.8 Å². The summed E-state index contributed by atoms with van der Waals surface area (Å²) in [5.74, 6) is 0.196. The van der Waals surface area contributed by atoms with Crippen LogP contribution in [0.4, 0.5) is 0 Å². The van der Waals surface area contributed by atoms with Crippen LogP contribution in [0.3, 0.4) is 0 Å². The summed E-state index contributed by atoms with van der Waals surface area (Å²) in [6.07, 6.45) is 62.6. The average Bonchev–Trinajstić information content (AvgIpc) is 0.908. The number of hydrogen-bond donors (Lipinski definition) is 3. The molecular weight excluding hydrogens is 1330 g/mol. The minimum Gasteiger partial charge on any atom is -0.462 e. The van der Waals surface area contributed by atoms with Crippen LogP contribution in [0.15, 0.2) is 0 Å². The molecule has 0 saturated carbocycles. The minimum atomic E-state index is -4.96. The molecule has 606 valence electrons. The average molecular weight is 1490 g/mol. The Labute approximate surface area is 626 Å². The zero-order valence-corrected chi connectivity index (χ0v) is 68.9. The first kappa shape index (κ1) is 100. The highest BCUT2D eigenvalue weighted by atomic mass is 31.2. The number of carbonyl (C=O) groups excluding carboxylic acids is 4. The number of unbranched alkanes of at least 4 members (excludes halogenated alkanes) is 49. The number of phosphoric acid groups is 2. The number of rotatable bonds is 81. The number of esters is 4. The number of phosphoric ester groups is 2. The van der Waals surface area contributed by atoms with Crippen molar-refractivity contribution in [2.45, 2.75) is 452 Å². The number of hydrogen-bond acceptors (Lipinski definition) is 15. The number of ether oxygens (including phenoxy) is 4. The zero-order valence-electron chi connectivity index (χ0n) is 67.1. The molecule has 3 N–H and O–H groups in total. The van der Waals surface area contributed by atoms with Gasteiger partial charge in [0.1, 0.15) is 19.3 Å². The van der Waals surface area contributed by atoms with E-state index in [0.29, 0.717) is 31.6 Å². The Kier molecular flexibility index (Phi) is 71.8. The Hall–Kier alpha value is -1.94. The van der Waals surface area contributed by atoms with Crippen LogP contribution in [-0.2, 0) is 65.4 Å². The van der Waals surface area contributed by atoms with Gasteiger partial charge in [0.15, 0.2) is 12.2 Å². The first-order valence-electron chi connectivity index (χ1n) is 42.8. The smallest absolute Gasteiger partial charge is 0.462 e. The van der Waals surface area contributed by atoms with Gasteiger partial charge in [0, 0.05) is 25.7 Å². The van der Waals surface area contributed by atoms with Crippen LogP contribution in [-0.4, -0.2) is 96.7 Å². The van der Waals surface area contributed by atoms with E-state index in [2.05, 4.69) is 48.5 Å². The Morgan fingerprint density at radius 2 is 0.451 bits per heavy atom. The molecule has 5 atom stereocenters. The maximum Gasteiger partial charge on any atom is 0.472 e. The van der Waals surface area contributed by atoms with Gasteiger partial charge < -0.3 is 33.8 Å². The molecule has 0 amide bonds. The Morgan fingerprint density at radius 3 is 0.667 bits per heavy atom. The molecule has 0 aliphatic carbocycles. The van der Waals surface area contributed by atoms with E-state index in [9.17, 15) is 43.2 Å². The number of carbonyl (C=O) groups is 4. The molecule has 2 unspecified atom stereocenters. The molecule has 0 aromatic rings. The lowest BCUT2D eigenvalue weighted by molar-refractivity contribution is -0.161. The van der Waals surface area contributed by atoms with Gasteiger partial charge in [-0.25, -0.2) is 9.13 Å². The molecule has 0 heterocycles. The van der Waals surface area contributed by atoms with Crippen molar-refractivity contribution in [3.63, 3.8) is 0 Å². The first-order valence-corrected chi connectivity index (χ1v) is 45.8. The predicted octanol–water partition coefficient (Wildman–Crippen LogP) is 24.9. The van der Waals surface area contributed by atoms with Crippen molar-refractivity contribution >= 4 is 39.5 Å². The normalized spacial score (nSPS) is 13.9. The highest BCUT2D eigenvalue weighted by Gasteiger charge is 2.30. The molecule has 0 radical (unpaired) electrons. The fourth-order valence-corrected chi connectivity index (χ4v) is 14.4. The molecule has 0 aliphatic rings. The molecule has 0 saturated heterocycles. The fraction of sp³-hybridized carbons (Fsp3) is 0.952. The molecular formula is C83H162O17P2. The third kappa shape index (κ3) is 76.3. The second kappa shape index (κ2) is 73.2. The highest BCUT2D eigenvalue weighted by molar-refractivity contribution is 7.47. The molecule has 102 heavy (non-hydrogen) atoms. The summed E-state index contributed by atoms with van der Waals surface area (Å²) in [6, 6.07) is 0. The van der Waals surface area contributed by atoms with Crippen LogP contribution in [0.1, 0.15) is 434 Å². The van der Waals surface area contributed by atoms with Crippen LogP contribution in [0.2, 0.25) is 0 Å². The Bertz CT molecular complexity index is 1970. The fourth-order valence-electron chi connectivity index (χ4n) is 12.8. The summed E-state index contributed by atoms with van der Waals surface area (Å²) >= 11 is 0. The topological polar surface area (TPSA) is 237 Å². The summed E-state index contributed by atoms with van der Waals surface area (Å²) in [5, 5.41) is 10.6. The molecule has 0 aromatic heterocycles. The van der Waals surface area contributed by atoms with E-state index in [1.807, 2.05) is 0 Å². The quantitative estimate of drug-likeness (QED) is 0.0222. The van der Waals surface area contributed by atoms with Gasteiger partial charge in [-0.1, -0.05) is 382 Å². The summed E-state index contributed by atoms with van der Waals surface area (Å²) in [7, 11) is -9.92. The van der Waals surface area contributed by atoms with Gasteiger partial charge in [0.25, 0.3) is 0 Å². The van der Waals surface area contributed by atoms with Gasteiger partial charge >= 0.3 is 39.5 Å². The lowest BCUT2D eigenvalue weighted by Gasteiger charge is -2.21. The van der Waals surface area contributed by atoms with Gasteiger partial charge in [-0.2, -0.15) is 0 Å². The first-order chi connectivity index (χ1) is 49.2. The third-order valence-corrected chi connectivity index (χ3v) is 21.3. The van der Waals surface area contributed by atoms with Crippen molar-refractivity contribution in [3.05, 3.63) is 0 Å². The van der Waals surface area contributed by atoms with Crippen molar-refractivity contribution in [1.82, 2.24) is 0 Å². The predicted molar refractivity (Wildman–Crippen MR) is 418 cm³/mol. The summed E-state index contributed by atoms with van der Waals surface area (Å²) in [6.45, 7) is 11.9. The Morgan fingerprint density at radius 1 is 0.265 bits per heavy atom. The number of aliphatic hydroxyl groups is 1. The molecule has 17 nitrogen and oxygen atoms in total. The molecule has 0 fully saturated rings. The lowest BCUT2D eigenvalue weighted by Crippen LogP contribution is -2.30. The highest BCUT2D eigenvalue weighted by Crippen LogP contribution is 2.45. The van der Waals surface area contributed by atoms with Crippen LogP contribution in [0.5, 0.6) is 0 Å². The van der Waals surface area contributed by atoms with Gasteiger partial charge in [0.05, 0.1) is 26.4 Å². The van der Waals surface area contributed by atoms with E-state index in [1.165, 1.54) is 238 Å². The van der Waals surface area contributed by atoms with Gasteiger partial charge in [-0.15, -0.1) is 0 Å². The molecule has 0 bridgehead atoms.